The Hall–Kier alpha value is -2.87. The van der Waals surface area contributed by atoms with Gasteiger partial charge in [0.05, 0.1) is 18.8 Å². The number of carbonyl (C=O) groups excluding carboxylic acids is 3. The lowest BCUT2D eigenvalue weighted by molar-refractivity contribution is -0.137. The van der Waals surface area contributed by atoms with Crippen molar-refractivity contribution < 1.29 is 24.2 Å². The number of likely N-dealkylation sites (N-methyl/N-ethyl adjacent to an activating group) is 1. The third kappa shape index (κ3) is 2.71. The number of ether oxygens (including phenoxy) is 1. The molecule has 0 saturated carbocycles. The summed E-state index contributed by atoms with van der Waals surface area (Å²) in [5, 5.41) is 11.8. The Morgan fingerprint density at radius 3 is 2.75 bits per heavy atom. The minimum absolute atomic E-state index is 0.0331. The molecule has 0 spiro atoms. The number of hydrogen-bond donors (Lipinski definition) is 2. The average molecular weight is 331 g/mol. The SMILES string of the molecule is CCN1C(=O)COc2cc(NC3=CC(=O)N(CCO)C3=O)ccc21. The fraction of sp³-hybridized carbons (Fsp3) is 0.312. The van der Waals surface area contributed by atoms with E-state index in [1.165, 1.54) is 6.08 Å². The third-order valence-corrected chi connectivity index (χ3v) is 3.83. The first-order valence-corrected chi connectivity index (χ1v) is 7.57. The van der Waals surface area contributed by atoms with Gasteiger partial charge >= 0.3 is 0 Å². The van der Waals surface area contributed by atoms with Crippen molar-refractivity contribution in [2.24, 2.45) is 0 Å². The largest absolute Gasteiger partial charge is 0.481 e. The van der Waals surface area contributed by atoms with E-state index in [2.05, 4.69) is 5.32 Å². The molecule has 0 unspecified atom stereocenters. The minimum atomic E-state index is -0.488. The second-order valence-corrected chi connectivity index (χ2v) is 5.31. The maximum atomic E-state index is 12.1. The van der Waals surface area contributed by atoms with Crippen LogP contribution in [-0.2, 0) is 14.4 Å². The summed E-state index contributed by atoms with van der Waals surface area (Å²) >= 11 is 0. The molecule has 0 aliphatic carbocycles. The number of anilines is 2. The van der Waals surface area contributed by atoms with Crippen molar-refractivity contribution in [3.05, 3.63) is 30.0 Å². The highest BCUT2D eigenvalue weighted by Gasteiger charge is 2.31. The number of aliphatic hydroxyl groups excluding tert-OH is 1. The van der Waals surface area contributed by atoms with Gasteiger partial charge < -0.3 is 20.1 Å². The molecule has 24 heavy (non-hydrogen) atoms. The van der Waals surface area contributed by atoms with Crippen LogP contribution in [0.25, 0.3) is 0 Å². The first-order valence-electron chi connectivity index (χ1n) is 7.57. The maximum absolute atomic E-state index is 12.1. The van der Waals surface area contributed by atoms with Gasteiger partial charge in [-0.1, -0.05) is 0 Å². The van der Waals surface area contributed by atoms with E-state index in [9.17, 15) is 14.4 Å². The van der Waals surface area contributed by atoms with Crippen molar-refractivity contribution in [3.63, 3.8) is 0 Å². The van der Waals surface area contributed by atoms with Gasteiger partial charge in [-0.15, -0.1) is 0 Å². The van der Waals surface area contributed by atoms with Crippen molar-refractivity contribution in [2.45, 2.75) is 6.92 Å². The van der Waals surface area contributed by atoms with Crippen LogP contribution in [0, 0.1) is 0 Å². The van der Waals surface area contributed by atoms with Crippen LogP contribution in [0.15, 0.2) is 30.0 Å². The predicted octanol–water partition coefficient (Wildman–Crippen LogP) is 0.0888. The summed E-state index contributed by atoms with van der Waals surface area (Å²) < 4.78 is 5.43. The number of benzene rings is 1. The second-order valence-electron chi connectivity index (χ2n) is 5.31. The Morgan fingerprint density at radius 1 is 1.25 bits per heavy atom. The minimum Gasteiger partial charge on any atom is -0.481 e. The molecule has 8 heteroatoms. The molecule has 2 aliphatic rings. The molecule has 2 heterocycles. The zero-order chi connectivity index (χ0) is 17.3. The van der Waals surface area contributed by atoms with Gasteiger partial charge in [0.2, 0.25) is 0 Å². The number of β-amino-alcohol motifs (C(OH)–C–C–N with tert-alkyl or cyclic N) is 1. The summed E-state index contributed by atoms with van der Waals surface area (Å²) in [7, 11) is 0. The molecular weight excluding hydrogens is 314 g/mol. The number of aliphatic hydroxyl groups is 1. The van der Waals surface area contributed by atoms with Gasteiger partial charge in [0.25, 0.3) is 17.7 Å². The Labute approximate surface area is 138 Å². The molecule has 0 saturated heterocycles. The molecule has 0 aromatic heterocycles. The number of hydrogen-bond acceptors (Lipinski definition) is 6. The van der Waals surface area contributed by atoms with Gasteiger partial charge in [0.1, 0.15) is 11.4 Å². The fourth-order valence-electron chi connectivity index (χ4n) is 2.69. The van der Waals surface area contributed by atoms with Crippen LogP contribution in [-0.4, -0.2) is 54.0 Å². The Balaban J connectivity index is 1.80. The van der Waals surface area contributed by atoms with Crippen LogP contribution in [0.5, 0.6) is 5.75 Å². The van der Waals surface area contributed by atoms with Gasteiger partial charge in [-0.3, -0.25) is 19.3 Å². The standard InChI is InChI=1S/C16H17N3O5/c1-2-18-12-4-3-10(7-13(12)24-9-15(18)22)17-11-8-14(21)19(5-6-20)16(11)23/h3-4,7-8,17,20H,2,5-6,9H2,1H3. The molecule has 0 atom stereocenters. The summed E-state index contributed by atoms with van der Waals surface area (Å²) in [4.78, 5) is 38.2. The topological polar surface area (TPSA) is 99.2 Å². The molecule has 2 N–H and O–H groups in total. The van der Waals surface area contributed by atoms with Crippen molar-refractivity contribution in [2.75, 3.05) is 36.5 Å². The predicted molar refractivity (Wildman–Crippen MR) is 85.5 cm³/mol. The van der Waals surface area contributed by atoms with Gasteiger partial charge in [-0.25, -0.2) is 0 Å². The Morgan fingerprint density at radius 2 is 2.04 bits per heavy atom. The highest BCUT2D eigenvalue weighted by atomic mass is 16.5. The molecule has 8 nitrogen and oxygen atoms in total. The average Bonchev–Trinajstić information content (AvgIpc) is 2.83. The van der Waals surface area contributed by atoms with Gasteiger partial charge in [-0.05, 0) is 19.1 Å². The van der Waals surface area contributed by atoms with Crippen LogP contribution in [0.4, 0.5) is 11.4 Å². The van der Waals surface area contributed by atoms with Crippen molar-refractivity contribution >= 4 is 29.1 Å². The van der Waals surface area contributed by atoms with Gasteiger partial charge in [-0.2, -0.15) is 0 Å². The van der Waals surface area contributed by atoms with Gasteiger partial charge in [0.15, 0.2) is 6.61 Å². The van der Waals surface area contributed by atoms with Crippen LogP contribution in [0.1, 0.15) is 6.92 Å². The number of imide groups is 1. The molecule has 2 aliphatic heterocycles. The first-order chi connectivity index (χ1) is 11.5. The first kappa shape index (κ1) is 16.0. The van der Waals surface area contributed by atoms with E-state index in [-0.39, 0.29) is 31.4 Å². The van der Waals surface area contributed by atoms with Crippen molar-refractivity contribution in [1.82, 2.24) is 4.90 Å². The van der Waals surface area contributed by atoms with Crippen LogP contribution >= 0.6 is 0 Å². The van der Waals surface area contributed by atoms with E-state index >= 15 is 0 Å². The second kappa shape index (κ2) is 6.32. The quantitative estimate of drug-likeness (QED) is 0.742. The Bertz CT molecular complexity index is 743. The zero-order valence-electron chi connectivity index (χ0n) is 13.1. The fourth-order valence-corrected chi connectivity index (χ4v) is 2.69. The van der Waals surface area contributed by atoms with Crippen molar-refractivity contribution in [1.29, 1.82) is 0 Å². The summed E-state index contributed by atoms with van der Waals surface area (Å²) in [5.41, 5.74) is 1.37. The molecule has 0 bridgehead atoms. The van der Waals surface area contributed by atoms with Crippen molar-refractivity contribution in [3.8, 4) is 5.75 Å². The number of fused-ring (bicyclic) bond motifs is 1. The molecule has 3 rings (SSSR count). The summed E-state index contributed by atoms with van der Waals surface area (Å²) in [6, 6.07) is 5.11. The lowest BCUT2D eigenvalue weighted by Crippen LogP contribution is -2.38. The highest BCUT2D eigenvalue weighted by Crippen LogP contribution is 2.35. The number of carbonyl (C=O) groups is 3. The number of amides is 3. The van der Waals surface area contributed by atoms with E-state index in [0.717, 1.165) is 4.90 Å². The number of rotatable bonds is 5. The molecule has 0 radical (unpaired) electrons. The molecular formula is C16H17N3O5. The van der Waals surface area contributed by atoms with Gasteiger partial charge in [0, 0.05) is 24.4 Å². The number of nitrogens with one attached hydrogen (secondary N) is 1. The third-order valence-electron chi connectivity index (χ3n) is 3.83. The monoisotopic (exact) mass is 331 g/mol. The van der Waals surface area contributed by atoms with Crippen LogP contribution in [0.3, 0.4) is 0 Å². The van der Waals surface area contributed by atoms with E-state index in [0.29, 0.717) is 23.7 Å². The molecule has 3 amide bonds. The van der Waals surface area contributed by atoms with E-state index in [1.54, 1.807) is 23.1 Å². The lowest BCUT2D eigenvalue weighted by atomic mass is 10.2. The summed E-state index contributed by atoms with van der Waals surface area (Å²) in [6.45, 7) is 2.06. The molecule has 1 aromatic carbocycles. The Kier molecular flexibility index (Phi) is 4.22. The molecule has 0 fully saturated rings. The highest BCUT2D eigenvalue weighted by molar-refractivity contribution is 6.17. The molecule has 126 valence electrons. The zero-order valence-corrected chi connectivity index (χ0v) is 13.1. The van der Waals surface area contributed by atoms with Crippen LogP contribution in [0.2, 0.25) is 0 Å². The maximum Gasteiger partial charge on any atom is 0.277 e. The number of nitrogens with zero attached hydrogens (tertiary/aromatic N) is 2. The van der Waals surface area contributed by atoms with Crippen LogP contribution < -0.4 is 15.0 Å². The normalized spacial score (nSPS) is 16.9. The molecule has 1 aromatic rings. The van der Waals surface area contributed by atoms with E-state index in [4.69, 9.17) is 9.84 Å². The van der Waals surface area contributed by atoms with E-state index in [1.807, 2.05) is 6.92 Å². The summed E-state index contributed by atoms with van der Waals surface area (Å²) in [6.07, 6.45) is 1.19. The summed E-state index contributed by atoms with van der Waals surface area (Å²) in [5.74, 6) is -0.526. The smallest absolute Gasteiger partial charge is 0.277 e. The van der Waals surface area contributed by atoms with E-state index < -0.39 is 11.8 Å². The lowest BCUT2D eigenvalue weighted by Gasteiger charge is -2.28.